The van der Waals surface area contributed by atoms with Gasteiger partial charge in [0, 0.05) is 24.5 Å². The third-order valence-corrected chi connectivity index (χ3v) is 5.52. The monoisotopic (exact) mass is 418 g/mol. The lowest BCUT2D eigenvalue weighted by atomic mass is 10.1. The molecule has 0 bridgehead atoms. The summed E-state index contributed by atoms with van der Waals surface area (Å²) in [5, 5.41) is 2.77. The molecule has 1 fully saturated rings. The van der Waals surface area contributed by atoms with Gasteiger partial charge in [-0.25, -0.2) is 14.8 Å². The average molecular weight is 418 g/mol. The zero-order valence-corrected chi connectivity index (χ0v) is 17.9. The third kappa shape index (κ3) is 4.99. The minimum atomic E-state index is -0.572. The molecule has 1 N–H and O–H groups in total. The standard InChI is InChI=1S/C24H26N4O3/c1-16-17(2)26-22-14-18(6-11-21(22)25-16)24(30)31-15-23(29)27-19-7-9-20(10-8-19)28-12-4-3-5-13-28/h6-11,14H,3-5,12-13,15H2,1-2H3,(H,27,29). The highest BCUT2D eigenvalue weighted by atomic mass is 16.5. The van der Waals surface area contributed by atoms with Crippen molar-refractivity contribution < 1.29 is 14.3 Å². The molecule has 0 atom stereocenters. The van der Waals surface area contributed by atoms with Crippen LogP contribution in [0.5, 0.6) is 0 Å². The molecule has 4 rings (SSSR count). The number of anilines is 2. The zero-order valence-electron chi connectivity index (χ0n) is 17.9. The molecule has 1 amide bonds. The van der Waals surface area contributed by atoms with Crippen LogP contribution in [-0.4, -0.2) is 41.5 Å². The summed E-state index contributed by atoms with van der Waals surface area (Å²) in [5.41, 5.74) is 5.17. The molecule has 0 radical (unpaired) electrons. The number of piperidine rings is 1. The van der Waals surface area contributed by atoms with Crippen molar-refractivity contribution in [3.05, 3.63) is 59.4 Å². The second-order valence-corrected chi connectivity index (χ2v) is 7.82. The molecule has 7 nitrogen and oxygen atoms in total. The van der Waals surface area contributed by atoms with Crippen LogP contribution in [0.3, 0.4) is 0 Å². The Hall–Kier alpha value is -3.48. The second-order valence-electron chi connectivity index (χ2n) is 7.82. The predicted octanol–water partition coefficient (Wildman–Crippen LogP) is 4.03. The van der Waals surface area contributed by atoms with Gasteiger partial charge in [-0.2, -0.15) is 0 Å². The predicted molar refractivity (Wildman–Crippen MR) is 120 cm³/mol. The van der Waals surface area contributed by atoms with E-state index in [0.29, 0.717) is 22.3 Å². The lowest BCUT2D eigenvalue weighted by Gasteiger charge is -2.28. The van der Waals surface area contributed by atoms with Crippen molar-refractivity contribution in [3.8, 4) is 0 Å². The van der Waals surface area contributed by atoms with E-state index in [9.17, 15) is 9.59 Å². The summed E-state index contributed by atoms with van der Waals surface area (Å²) in [6.45, 7) is 5.55. The van der Waals surface area contributed by atoms with Gasteiger partial charge in [-0.05, 0) is 75.6 Å². The number of amides is 1. The number of aryl methyl sites for hydroxylation is 2. The Labute approximate surface area is 181 Å². The Balaban J connectivity index is 1.32. The van der Waals surface area contributed by atoms with E-state index in [4.69, 9.17) is 4.74 Å². The van der Waals surface area contributed by atoms with Crippen molar-refractivity contribution in [1.29, 1.82) is 0 Å². The van der Waals surface area contributed by atoms with Crippen LogP contribution in [0.4, 0.5) is 11.4 Å². The number of carbonyl (C=O) groups is 2. The number of carbonyl (C=O) groups excluding carboxylic acids is 2. The Kier molecular flexibility index (Phi) is 6.11. The van der Waals surface area contributed by atoms with Crippen LogP contribution >= 0.6 is 0 Å². The second kappa shape index (κ2) is 9.12. The molecule has 2 aromatic carbocycles. The van der Waals surface area contributed by atoms with Gasteiger partial charge in [0.1, 0.15) is 0 Å². The first-order valence-electron chi connectivity index (χ1n) is 10.6. The molecular weight excluding hydrogens is 392 g/mol. The van der Waals surface area contributed by atoms with Crippen molar-refractivity contribution in [2.24, 2.45) is 0 Å². The molecule has 0 saturated carbocycles. The van der Waals surface area contributed by atoms with Gasteiger partial charge in [0.25, 0.3) is 5.91 Å². The van der Waals surface area contributed by atoms with Gasteiger partial charge in [-0.3, -0.25) is 4.79 Å². The van der Waals surface area contributed by atoms with Gasteiger partial charge < -0.3 is 15.0 Å². The summed E-state index contributed by atoms with van der Waals surface area (Å²) in [7, 11) is 0. The summed E-state index contributed by atoms with van der Waals surface area (Å²) < 4.78 is 5.18. The van der Waals surface area contributed by atoms with Gasteiger partial charge in [0.2, 0.25) is 0 Å². The molecule has 0 unspecified atom stereocenters. The molecule has 160 valence electrons. The molecule has 1 saturated heterocycles. The topological polar surface area (TPSA) is 84.4 Å². The number of hydrogen-bond donors (Lipinski definition) is 1. The third-order valence-electron chi connectivity index (χ3n) is 5.52. The fourth-order valence-corrected chi connectivity index (χ4v) is 3.68. The van der Waals surface area contributed by atoms with Crippen LogP contribution in [0.25, 0.3) is 11.0 Å². The summed E-state index contributed by atoms with van der Waals surface area (Å²) in [5.74, 6) is -0.955. The van der Waals surface area contributed by atoms with E-state index in [1.807, 2.05) is 38.1 Å². The van der Waals surface area contributed by atoms with E-state index in [-0.39, 0.29) is 12.5 Å². The van der Waals surface area contributed by atoms with E-state index in [1.165, 1.54) is 19.3 Å². The first-order chi connectivity index (χ1) is 15.0. The highest BCUT2D eigenvalue weighted by Crippen LogP contribution is 2.22. The SMILES string of the molecule is Cc1nc2ccc(C(=O)OCC(=O)Nc3ccc(N4CCCCC4)cc3)cc2nc1C. The number of ether oxygens (including phenoxy) is 1. The lowest BCUT2D eigenvalue weighted by molar-refractivity contribution is -0.119. The summed E-state index contributed by atoms with van der Waals surface area (Å²) >= 11 is 0. The fraction of sp³-hybridized carbons (Fsp3) is 0.333. The Morgan fingerprint density at radius 1 is 0.935 bits per heavy atom. The summed E-state index contributed by atoms with van der Waals surface area (Å²) in [6.07, 6.45) is 3.72. The molecule has 2 heterocycles. The van der Waals surface area contributed by atoms with Crippen LogP contribution in [0.1, 0.15) is 41.0 Å². The Morgan fingerprint density at radius 2 is 1.61 bits per heavy atom. The number of benzene rings is 2. The molecule has 0 spiro atoms. The molecule has 0 aliphatic carbocycles. The van der Waals surface area contributed by atoms with Crippen LogP contribution in [-0.2, 0) is 9.53 Å². The van der Waals surface area contributed by atoms with Crippen molar-refractivity contribution in [1.82, 2.24) is 9.97 Å². The number of aromatic nitrogens is 2. The smallest absolute Gasteiger partial charge is 0.338 e. The van der Waals surface area contributed by atoms with Gasteiger partial charge in [0.15, 0.2) is 6.61 Å². The molecule has 31 heavy (non-hydrogen) atoms. The molecular formula is C24H26N4O3. The molecule has 1 aliphatic rings. The Morgan fingerprint density at radius 3 is 2.32 bits per heavy atom. The molecule has 7 heteroatoms. The first kappa shape index (κ1) is 20.8. The number of nitrogens with one attached hydrogen (secondary N) is 1. The van der Waals surface area contributed by atoms with Gasteiger partial charge >= 0.3 is 5.97 Å². The zero-order chi connectivity index (χ0) is 21.8. The number of hydrogen-bond acceptors (Lipinski definition) is 6. The number of nitrogens with zero attached hydrogens (tertiary/aromatic N) is 3. The van der Waals surface area contributed by atoms with E-state index in [1.54, 1.807) is 18.2 Å². The first-order valence-corrected chi connectivity index (χ1v) is 10.6. The maximum atomic E-state index is 12.4. The maximum Gasteiger partial charge on any atom is 0.338 e. The maximum absolute atomic E-state index is 12.4. The highest BCUT2D eigenvalue weighted by molar-refractivity contribution is 5.97. The van der Waals surface area contributed by atoms with Gasteiger partial charge in [-0.1, -0.05) is 0 Å². The lowest BCUT2D eigenvalue weighted by Crippen LogP contribution is -2.29. The van der Waals surface area contributed by atoms with Crippen LogP contribution in [0.2, 0.25) is 0 Å². The molecule has 1 aliphatic heterocycles. The minimum absolute atomic E-state index is 0.337. The summed E-state index contributed by atoms with van der Waals surface area (Å²) in [6, 6.07) is 12.8. The van der Waals surface area contributed by atoms with Gasteiger partial charge in [-0.15, -0.1) is 0 Å². The Bertz CT molecular complexity index is 1110. The van der Waals surface area contributed by atoms with Crippen LogP contribution < -0.4 is 10.2 Å². The highest BCUT2D eigenvalue weighted by Gasteiger charge is 2.14. The van der Waals surface area contributed by atoms with Crippen molar-refractivity contribution in [2.45, 2.75) is 33.1 Å². The fourth-order valence-electron chi connectivity index (χ4n) is 3.68. The van der Waals surface area contributed by atoms with E-state index < -0.39 is 5.97 Å². The van der Waals surface area contributed by atoms with E-state index in [2.05, 4.69) is 20.2 Å². The number of fused-ring (bicyclic) bond motifs is 1. The van der Waals surface area contributed by atoms with Crippen molar-refractivity contribution >= 4 is 34.3 Å². The normalized spacial score (nSPS) is 13.8. The van der Waals surface area contributed by atoms with Crippen LogP contribution in [0, 0.1) is 13.8 Å². The quantitative estimate of drug-likeness (QED) is 0.630. The van der Waals surface area contributed by atoms with E-state index >= 15 is 0 Å². The largest absolute Gasteiger partial charge is 0.452 e. The van der Waals surface area contributed by atoms with E-state index in [0.717, 1.165) is 30.2 Å². The summed E-state index contributed by atoms with van der Waals surface area (Å²) in [4.78, 5) is 35.8. The van der Waals surface area contributed by atoms with Crippen LogP contribution in [0.15, 0.2) is 42.5 Å². The number of esters is 1. The van der Waals surface area contributed by atoms with Crippen molar-refractivity contribution in [3.63, 3.8) is 0 Å². The minimum Gasteiger partial charge on any atom is -0.452 e. The average Bonchev–Trinajstić information content (AvgIpc) is 2.79. The van der Waals surface area contributed by atoms with Gasteiger partial charge in [0.05, 0.1) is 28.0 Å². The number of rotatable bonds is 5. The van der Waals surface area contributed by atoms with Crippen molar-refractivity contribution in [2.75, 3.05) is 29.9 Å². The molecule has 1 aromatic heterocycles. The molecule has 3 aromatic rings.